The Bertz CT molecular complexity index is 899. The van der Waals surface area contributed by atoms with Gasteiger partial charge in [-0.2, -0.15) is 0 Å². The lowest BCUT2D eigenvalue weighted by atomic mass is 10.2. The van der Waals surface area contributed by atoms with E-state index < -0.39 is 0 Å². The molecule has 2 aromatic carbocycles. The summed E-state index contributed by atoms with van der Waals surface area (Å²) in [7, 11) is 0. The van der Waals surface area contributed by atoms with Gasteiger partial charge in [-0.3, -0.25) is 14.3 Å². The molecule has 2 heterocycles. The Morgan fingerprint density at radius 2 is 1.67 bits per heavy atom. The predicted octanol–water partition coefficient (Wildman–Crippen LogP) is 2.22. The number of ether oxygens (including phenoxy) is 1. The van der Waals surface area contributed by atoms with Crippen LogP contribution in [0.15, 0.2) is 59.4 Å². The highest BCUT2D eigenvalue weighted by Crippen LogP contribution is 2.15. The SMILES string of the molecule is O=c1c2ccccc2nc(CN2CCOCC2)n1-c1ccccc1. The normalized spacial score (nSPS) is 15.7. The maximum atomic E-state index is 13.1. The zero-order chi connectivity index (χ0) is 16.4. The molecular weight excluding hydrogens is 302 g/mol. The van der Waals surface area contributed by atoms with Crippen LogP contribution in [-0.2, 0) is 11.3 Å². The monoisotopic (exact) mass is 321 g/mol. The van der Waals surface area contributed by atoms with Gasteiger partial charge in [0.1, 0.15) is 5.82 Å². The minimum Gasteiger partial charge on any atom is -0.379 e. The summed E-state index contributed by atoms with van der Waals surface area (Å²) in [6, 6.07) is 17.2. The standard InChI is InChI=1S/C19H19N3O2/c23-19-16-8-4-5-9-17(16)20-18(14-21-10-12-24-13-11-21)22(19)15-6-2-1-3-7-15/h1-9H,10-14H2. The van der Waals surface area contributed by atoms with Gasteiger partial charge in [0.05, 0.1) is 36.3 Å². The zero-order valence-corrected chi connectivity index (χ0v) is 13.4. The molecule has 0 spiro atoms. The van der Waals surface area contributed by atoms with Crippen LogP contribution in [0.25, 0.3) is 16.6 Å². The van der Waals surface area contributed by atoms with Crippen molar-refractivity contribution in [2.45, 2.75) is 6.54 Å². The highest BCUT2D eigenvalue weighted by molar-refractivity contribution is 5.77. The predicted molar refractivity (Wildman–Crippen MR) is 93.4 cm³/mol. The van der Waals surface area contributed by atoms with E-state index >= 15 is 0 Å². The van der Waals surface area contributed by atoms with Gasteiger partial charge >= 0.3 is 0 Å². The molecule has 24 heavy (non-hydrogen) atoms. The fraction of sp³-hybridized carbons (Fsp3) is 0.263. The van der Waals surface area contributed by atoms with Crippen LogP contribution in [0.1, 0.15) is 5.82 Å². The Hall–Kier alpha value is -2.50. The third-order valence-corrected chi connectivity index (χ3v) is 4.33. The maximum absolute atomic E-state index is 13.1. The summed E-state index contributed by atoms with van der Waals surface area (Å²) in [6.45, 7) is 3.81. The molecule has 1 fully saturated rings. The molecule has 0 saturated carbocycles. The van der Waals surface area contributed by atoms with E-state index in [2.05, 4.69) is 4.90 Å². The van der Waals surface area contributed by atoms with Crippen molar-refractivity contribution in [3.63, 3.8) is 0 Å². The molecule has 1 aliphatic rings. The molecule has 0 bridgehead atoms. The van der Waals surface area contributed by atoms with E-state index in [-0.39, 0.29) is 5.56 Å². The Balaban J connectivity index is 1.88. The molecule has 0 atom stereocenters. The summed E-state index contributed by atoms with van der Waals surface area (Å²) in [6.07, 6.45) is 0. The first kappa shape index (κ1) is 15.1. The second kappa shape index (κ2) is 6.55. The van der Waals surface area contributed by atoms with Crippen LogP contribution in [-0.4, -0.2) is 40.8 Å². The van der Waals surface area contributed by atoms with Crippen LogP contribution in [0.3, 0.4) is 0 Å². The van der Waals surface area contributed by atoms with Gasteiger partial charge in [-0.25, -0.2) is 4.98 Å². The molecule has 5 heteroatoms. The molecule has 1 saturated heterocycles. The van der Waals surface area contributed by atoms with Gasteiger partial charge in [-0.05, 0) is 24.3 Å². The first-order chi connectivity index (χ1) is 11.8. The van der Waals surface area contributed by atoms with E-state index in [9.17, 15) is 4.79 Å². The summed E-state index contributed by atoms with van der Waals surface area (Å²) in [5.41, 5.74) is 1.58. The van der Waals surface area contributed by atoms with Crippen LogP contribution in [0.2, 0.25) is 0 Å². The molecular formula is C19H19N3O2. The Morgan fingerprint density at radius 3 is 2.46 bits per heavy atom. The number of rotatable bonds is 3. The Labute approximate surface area is 140 Å². The number of benzene rings is 2. The number of hydrogen-bond acceptors (Lipinski definition) is 4. The Morgan fingerprint density at radius 1 is 0.958 bits per heavy atom. The minimum atomic E-state index is -0.0185. The quantitative estimate of drug-likeness (QED) is 0.742. The van der Waals surface area contributed by atoms with Gasteiger partial charge in [0.15, 0.2) is 0 Å². The van der Waals surface area contributed by atoms with Crippen LogP contribution in [0.4, 0.5) is 0 Å². The Kier molecular flexibility index (Phi) is 4.11. The van der Waals surface area contributed by atoms with Crippen molar-refractivity contribution in [1.82, 2.24) is 14.5 Å². The van der Waals surface area contributed by atoms with Gasteiger partial charge in [-0.1, -0.05) is 30.3 Å². The largest absolute Gasteiger partial charge is 0.379 e. The number of nitrogens with zero attached hydrogens (tertiary/aromatic N) is 3. The first-order valence-electron chi connectivity index (χ1n) is 8.19. The maximum Gasteiger partial charge on any atom is 0.266 e. The molecule has 1 aliphatic heterocycles. The first-order valence-corrected chi connectivity index (χ1v) is 8.19. The molecule has 1 aromatic heterocycles. The van der Waals surface area contributed by atoms with Gasteiger partial charge in [0, 0.05) is 13.1 Å². The average Bonchev–Trinajstić information content (AvgIpc) is 2.64. The van der Waals surface area contributed by atoms with E-state index in [1.807, 2.05) is 54.6 Å². The second-order valence-corrected chi connectivity index (χ2v) is 5.91. The molecule has 0 radical (unpaired) electrons. The summed E-state index contributed by atoms with van der Waals surface area (Å²) >= 11 is 0. The molecule has 0 aliphatic carbocycles. The van der Waals surface area contributed by atoms with Crippen molar-refractivity contribution in [2.75, 3.05) is 26.3 Å². The van der Waals surface area contributed by atoms with Crippen molar-refractivity contribution < 1.29 is 4.74 Å². The molecule has 0 N–H and O–H groups in total. The van der Waals surface area contributed by atoms with E-state index in [1.165, 1.54) is 0 Å². The van der Waals surface area contributed by atoms with Gasteiger partial charge in [0.2, 0.25) is 0 Å². The molecule has 0 amide bonds. The number of morpholine rings is 1. The number of para-hydroxylation sites is 2. The minimum absolute atomic E-state index is 0.0185. The third-order valence-electron chi connectivity index (χ3n) is 4.33. The van der Waals surface area contributed by atoms with Gasteiger partial charge in [0.25, 0.3) is 5.56 Å². The smallest absolute Gasteiger partial charge is 0.266 e. The molecule has 4 rings (SSSR count). The van der Waals surface area contributed by atoms with E-state index in [0.29, 0.717) is 11.9 Å². The summed E-state index contributed by atoms with van der Waals surface area (Å²) < 4.78 is 7.15. The summed E-state index contributed by atoms with van der Waals surface area (Å²) in [4.78, 5) is 20.1. The van der Waals surface area contributed by atoms with Crippen molar-refractivity contribution in [2.24, 2.45) is 0 Å². The fourth-order valence-corrected chi connectivity index (χ4v) is 3.09. The lowest BCUT2D eigenvalue weighted by Crippen LogP contribution is -2.38. The molecule has 5 nitrogen and oxygen atoms in total. The lowest BCUT2D eigenvalue weighted by molar-refractivity contribution is 0.0327. The van der Waals surface area contributed by atoms with E-state index in [4.69, 9.17) is 9.72 Å². The second-order valence-electron chi connectivity index (χ2n) is 5.91. The van der Waals surface area contributed by atoms with E-state index in [0.717, 1.165) is 43.3 Å². The topological polar surface area (TPSA) is 47.4 Å². The van der Waals surface area contributed by atoms with Crippen molar-refractivity contribution in [3.05, 3.63) is 70.8 Å². The molecule has 122 valence electrons. The third kappa shape index (κ3) is 2.84. The molecule has 3 aromatic rings. The number of aromatic nitrogens is 2. The molecule has 0 unspecified atom stereocenters. The van der Waals surface area contributed by atoms with Crippen molar-refractivity contribution in [1.29, 1.82) is 0 Å². The van der Waals surface area contributed by atoms with Gasteiger partial charge in [-0.15, -0.1) is 0 Å². The summed E-state index contributed by atoms with van der Waals surface area (Å²) in [5, 5.41) is 0.645. The average molecular weight is 321 g/mol. The van der Waals surface area contributed by atoms with Crippen LogP contribution in [0.5, 0.6) is 0 Å². The highest BCUT2D eigenvalue weighted by atomic mass is 16.5. The van der Waals surface area contributed by atoms with Crippen LogP contribution in [0, 0.1) is 0 Å². The number of hydrogen-bond donors (Lipinski definition) is 0. The summed E-state index contributed by atoms with van der Waals surface area (Å²) in [5.74, 6) is 0.770. The van der Waals surface area contributed by atoms with Crippen LogP contribution >= 0.6 is 0 Å². The zero-order valence-electron chi connectivity index (χ0n) is 13.4. The highest BCUT2D eigenvalue weighted by Gasteiger charge is 2.17. The van der Waals surface area contributed by atoms with Gasteiger partial charge < -0.3 is 4.74 Å². The fourth-order valence-electron chi connectivity index (χ4n) is 3.09. The lowest BCUT2D eigenvalue weighted by Gasteiger charge is -2.27. The van der Waals surface area contributed by atoms with Crippen molar-refractivity contribution >= 4 is 10.9 Å². The van der Waals surface area contributed by atoms with Crippen molar-refractivity contribution in [3.8, 4) is 5.69 Å². The van der Waals surface area contributed by atoms with E-state index in [1.54, 1.807) is 4.57 Å². The van der Waals surface area contributed by atoms with Crippen LogP contribution < -0.4 is 5.56 Å². The number of fused-ring (bicyclic) bond motifs is 1.